The van der Waals surface area contributed by atoms with Gasteiger partial charge in [-0.05, 0) is 30.3 Å². The van der Waals surface area contributed by atoms with E-state index in [1.807, 2.05) is 24.3 Å². The Morgan fingerprint density at radius 1 is 1.18 bits per heavy atom. The van der Waals surface area contributed by atoms with Gasteiger partial charge in [-0.15, -0.1) is 0 Å². The van der Waals surface area contributed by atoms with Crippen molar-refractivity contribution in [2.75, 3.05) is 5.32 Å². The highest BCUT2D eigenvalue weighted by Crippen LogP contribution is 2.25. The molecule has 0 spiro atoms. The molecule has 2 aromatic carbocycles. The summed E-state index contributed by atoms with van der Waals surface area (Å²) in [4.78, 5) is 12.5. The molecule has 0 aliphatic rings. The van der Waals surface area contributed by atoms with Crippen LogP contribution in [0.2, 0.25) is 10.0 Å². The monoisotopic (exact) mass is 351 g/mol. The number of thiazole rings is 1. The highest BCUT2D eigenvalue weighted by molar-refractivity contribution is 7.16. The number of fused-ring (bicyclic) bond motifs is 1. The van der Waals surface area contributed by atoms with Crippen molar-refractivity contribution >= 4 is 56.3 Å². The summed E-state index contributed by atoms with van der Waals surface area (Å²) in [6, 6.07) is 12.6. The van der Waals surface area contributed by atoms with Crippen molar-refractivity contribution in [2.45, 2.75) is 6.54 Å². The van der Waals surface area contributed by atoms with Crippen molar-refractivity contribution in [3.8, 4) is 0 Å². The maximum atomic E-state index is 12.2. The van der Waals surface area contributed by atoms with Gasteiger partial charge in [-0.3, -0.25) is 10.2 Å². The Bertz CT molecular complexity index is 917. The number of amides is 1. The number of nitrogens with zero attached hydrogens (tertiary/aromatic N) is 1. The van der Waals surface area contributed by atoms with E-state index in [1.54, 1.807) is 22.8 Å². The van der Waals surface area contributed by atoms with Crippen LogP contribution in [0.15, 0.2) is 42.5 Å². The minimum atomic E-state index is -0.222. The van der Waals surface area contributed by atoms with E-state index < -0.39 is 0 Å². The number of rotatable bonds is 3. The summed E-state index contributed by atoms with van der Waals surface area (Å²) in [6.07, 6.45) is 0. The summed E-state index contributed by atoms with van der Waals surface area (Å²) >= 11 is 13.1. The molecule has 4 nitrogen and oxygen atoms in total. The van der Waals surface area contributed by atoms with Crippen LogP contribution in [-0.4, -0.2) is 10.5 Å². The third kappa shape index (κ3) is 3.02. The minimum Gasteiger partial charge on any atom is -0.324 e. The predicted octanol–water partition coefficient (Wildman–Crippen LogP) is 4.13. The molecular weight excluding hydrogens is 341 g/mol. The fourth-order valence-corrected chi connectivity index (χ4v) is 3.32. The quantitative estimate of drug-likeness (QED) is 0.732. The van der Waals surface area contributed by atoms with E-state index in [0.29, 0.717) is 20.5 Å². The zero-order valence-corrected chi connectivity index (χ0v) is 13.6. The Labute approximate surface area is 140 Å². The van der Waals surface area contributed by atoms with Gasteiger partial charge in [-0.1, -0.05) is 46.7 Å². The third-order valence-corrected chi connectivity index (χ3v) is 4.83. The average Bonchev–Trinajstić information content (AvgIpc) is 2.79. The van der Waals surface area contributed by atoms with Gasteiger partial charge in [0.05, 0.1) is 20.3 Å². The molecule has 1 heterocycles. The molecule has 22 heavy (non-hydrogen) atoms. The average molecular weight is 352 g/mol. The number of halogens is 2. The van der Waals surface area contributed by atoms with Crippen molar-refractivity contribution < 1.29 is 4.79 Å². The van der Waals surface area contributed by atoms with E-state index >= 15 is 0 Å². The molecule has 0 saturated carbocycles. The molecule has 3 rings (SSSR count). The third-order valence-electron chi connectivity index (χ3n) is 3.11. The lowest BCUT2D eigenvalue weighted by Crippen LogP contribution is -2.24. The molecule has 0 saturated heterocycles. The molecule has 1 aromatic heterocycles. The highest BCUT2D eigenvalue weighted by Gasteiger charge is 2.10. The second-order valence-corrected chi connectivity index (χ2v) is 6.48. The number of carbonyl (C=O) groups excluding carboxylic acids is 1. The molecule has 0 bridgehead atoms. The SMILES string of the molecule is N=c1sc2ccccc2n1CC(=O)Nc1ccc(Cl)c(Cl)c1. The van der Waals surface area contributed by atoms with Crippen LogP contribution in [0, 0.1) is 5.41 Å². The lowest BCUT2D eigenvalue weighted by Gasteiger charge is -2.08. The zero-order chi connectivity index (χ0) is 15.7. The van der Waals surface area contributed by atoms with Crippen LogP contribution in [-0.2, 0) is 11.3 Å². The Morgan fingerprint density at radius 3 is 2.73 bits per heavy atom. The fraction of sp³-hybridized carbons (Fsp3) is 0.0667. The second kappa shape index (κ2) is 6.12. The van der Waals surface area contributed by atoms with Crippen LogP contribution in [0.1, 0.15) is 0 Å². The topological polar surface area (TPSA) is 57.9 Å². The van der Waals surface area contributed by atoms with Crippen molar-refractivity contribution in [1.82, 2.24) is 4.57 Å². The van der Waals surface area contributed by atoms with Crippen molar-refractivity contribution in [1.29, 1.82) is 5.41 Å². The summed E-state index contributed by atoms with van der Waals surface area (Å²) in [5, 5.41) is 11.6. The predicted molar refractivity (Wildman–Crippen MR) is 90.8 cm³/mol. The molecule has 0 atom stereocenters. The number of hydrogen-bond donors (Lipinski definition) is 2. The molecule has 3 aromatic rings. The van der Waals surface area contributed by atoms with Gasteiger partial charge in [-0.25, -0.2) is 0 Å². The van der Waals surface area contributed by atoms with E-state index in [4.69, 9.17) is 28.6 Å². The molecule has 7 heteroatoms. The summed E-state index contributed by atoms with van der Waals surface area (Å²) in [6.45, 7) is 0.0725. The maximum absolute atomic E-state index is 12.2. The number of benzene rings is 2. The van der Waals surface area contributed by atoms with Crippen LogP contribution < -0.4 is 10.1 Å². The Morgan fingerprint density at radius 2 is 1.95 bits per heavy atom. The fourth-order valence-electron chi connectivity index (χ4n) is 2.11. The van der Waals surface area contributed by atoms with E-state index in [1.165, 1.54) is 11.3 Å². The first-order chi connectivity index (χ1) is 10.5. The van der Waals surface area contributed by atoms with Crippen LogP contribution in [0.4, 0.5) is 5.69 Å². The molecule has 0 aliphatic carbocycles. The van der Waals surface area contributed by atoms with Gasteiger partial charge in [0.1, 0.15) is 6.54 Å². The van der Waals surface area contributed by atoms with Gasteiger partial charge < -0.3 is 9.88 Å². The lowest BCUT2D eigenvalue weighted by molar-refractivity contribution is -0.116. The highest BCUT2D eigenvalue weighted by atomic mass is 35.5. The molecule has 0 aliphatic heterocycles. The maximum Gasteiger partial charge on any atom is 0.244 e. The molecule has 112 valence electrons. The summed E-state index contributed by atoms with van der Waals surface area (Å²) in [5.74, 6) is -0.222. The van der Waals surface area contributed by atoms with Gasteiger partial charge in [0.2, 0.25) is 5.91 Å². The summed E-state index contributed by atoms with van der Waals surface area (Å²) in [7, 11) is 0. The van der Waals surface area contributed by atoms with Crippen molar-refractivity contribution in [3.05, 3.63) is 57.3 Å². The molecule has 0 radical (unpaired) electrons. The first kappa shape index (κ1) is 15.1. The number of nitrogens with one attached hydrogen (secondary N) is 2. The standard InChI is InChI=1S/C15H11Cl2N3OS/c16-10-6-5-9(7-11(10)17)19-14(21)8-20-12-3-1-2-4-13(12)22-15(20)18/h1-7,18H,8H2,(H,19,21). The Hall–Kier alpha value is -1.82. The van der Waals surface area contributed by atoms with Crippen LogP contribution in [0.5, 0.6) is 0 Å². The minimum absolute atomic E-state index is 0.0725. The molecular formula is C15H11Cl2N3OS. The smallest absolute Gasteiger partial charge is 0.244 e. The van der Waals surface area contributed by atoms with Gasteiger partial charge in [0.25, 0.3) is 0 Å². The van der Waals surface area contributed by atoms with Crippen LogP contribution in [0.25, 0.3) is 10.2 Å². The second-order valence-electron chi connectivity index (χ2n) is 4.64. The Balaban J connectivity index is 1.82. The van der Waals surface area contributed by atoms with Crippen molar-refractivity contribution in [3.63, 3.8) is 0 Å². The molecule has 2 N–H and O–H groups in total. The number of para-hydroxylation sites is 1. The normalized spacial score (nSPS) is 10.8. The largest absolute Gasteiger partial charge is 0.324 e. The number of anilines is 1. The number of aromatic nitrogens is 1. The van der Waals surface area contributed by atoms with Crippen LogP contribution in [0.3, 0.4) is 0 Å². The molecule has 0 fully saturated rings. The van der Waals surface area contributed by atoms with Crippen LogP contribution >= 0.6 is 34.5 Å². The number of hydrogen-bond acceptors (Lipinski definition) is 3. The van der Waals surface area contributed by atoms with Gasteiger partial charge in [0, 0.05) is 5.69 Å². The molecule has 0 unspecified atom stereocenters. The van der Waals surface area contributed by atoms with E-state index in [9.17, 15) is 4.79 Å². The van der Waals surface area contributed by atoms with E-state index in [0.717, 1.165) is 10.2 Å². The van der Waals surface area contributed by atoms with E-state index in [2.05, 4.69) is 5.32 Å². The first-order valence-corrected chi connectivity index (χ1v) is 8.00. The molecule has 1 amide bonds. The van der Waals surface area contributed by atoms with E-state index in [-0.39, 0.29) is 12.5 Å². The van der Waals surface area contributed by atoms with Gasteiger partial charge in [-0.2, -0.15) is 0 Å². The lowest BCUT2D eigenvalue weighted by atomic mass is 10.3. The summed E-state index contributed by atoms with van der Waals surface area (Å²) in [5.41, 5.74) is 1.45. The van der Waals surface area contributed by atoms with Crippen molar-refractivity contribution in [2.24, 2.45) is 0 Å². The Kier molecular flexibility index (Phi) is 4.20. The number of carbonyl (C=O) groups is 1. The van der Waals surface area contributed by atoms with Gasteiger partial charge >= 0.3 is 0 Å². The first-order valence-electron chi connectivity index (χ1n) is 6.42. The van der Waals surface area contributed by atoms with Gasteiger partial charge in [0.15, 0.2) is 4.80 Å². The zero-order valence-electron chi connectivity index (χ0n) is 11.3. The summed E-state index contributed by atoms with van der Waals surface area (Å²) < 4.78 is 2.65.